The van der Waals surface area contributed by atoms with E-state index >= 15 is 0 Å². The predicted molar refractivity (Wildman–Crippen MR) is 253 cm³/mol. The topological polar surface area (TPSA) is 36.1 Å². The van der Waals surface area contributed by atoms with Gasteiger partial charge in [0.15, 0.2) is 0 Å². The Morgan fingerprint density at radius 3 is 1.70 bits per heavy atom. The first-order valence-electron chi connectivity index (χ1n) is 21.1. The van der Waals surface area contributed by atoms with E-state index in [1.165, 1.54) is 49.3 Å². The Morgan fingerprint density at radius 1 is 0.328 bits per heavy atom. The van der Waals surface area contributed by atoms with Crippen molar-refractivity contribution in [2.75, 3.05) is 0 Å². The highest BCUT2D eigenvalue weighted by Crippen LogP contribution is 2.50. The number of aromatic nitrogens is 2. The molecule has 4 aromatic heterocycles. The average Bonchev–Trinajstić information content (AvgIpc) is 4.08. The summed E-state index contributed by atoms with van der Waals surface area (Å²) in [4.78, 5) is 0. The molecule has 1 aliphatic carbocycles. The van der Waals surface area contributed by atoms with E-state index in [9.17, 15) is 0 Å². The minimum atomic E-state index is -0.111. The van der Waals surface area contributed by atoms with Crippen LogP contribution in [0.25, 0.3) is 121 Å². The van der Waals surface area contributed by atoms with Crippen LogP contribution >= 0.6 is 0 Å². The molecule has 4 heteroatoms. The molecule has 4 nitrogen and oxygen atoms in total. The normalized spacial score (nSPS) is 13.5. The van der Waals surface area contributed by atoms with Gasteiger partial charge in [0.25, 0.3) is 0 Å². The number of hydrogen-bond acceptors (Lipinski definition) is 2. The predicted octanol–water partition coefficient (Wildman–Crippen LogP) is 15.7. The second-order valence-electron chi connectivity index (χ2n) is 17.3. The largest absolute Gasteiger partial charge is 0.456 e. The Labute approximate surface area is 350 Å². The minimum absolute atomic E-state index is 0.111. The summed E-state index contributed by atoms with van der Waals surface area (Å²) in [6.07, 6.45) is 0. The Hall–Kier alpha value is -7.82. The number of nitrogens with zero attached hydrogens (tertiary/aromatic N) is 2. The Kier molecular flexibility index (Phi) is 6.33. The lowest BCUT2D eigenvalue weighted by Gasteiger charge is -2.22. The summed E-state index contributed by atoms with van der Waals surface area (Å²) in [5, 5.41) is 9.34. The minimum Gasteiger partial charge on any atom is -0.456 e. The van der Waals surface area contributed by atoms with Crippen molar-refractivity contribution in [2.45, 2.75) is 19.3 Å². The third-order valence-electron chi connectivity index (χ3n) is 13.7. The molecule has 13 aromatic rings. The van der Waals surface area contributed by atoms with Crippen LogP contribution in [0.2, 0.25) is 0 Å². The van der Waals surface area contributed by atoms with Gasteiger partial charge in [0, 0.05) is 72.0 Å². The van der Waals surface area contributed by atoms with Gasteiger partial charge in [0.2, 0.25) is 0 Å². The lowest BCUT2D eigenvalue weighted by atomic mass is 9.82. The number of rotatable bonds is 3. The van der Waals surface area contributed by atoms with Gasteiger partial charge >= 0.3 is 0 Å². The highest BCUT2D eigenvalue weighted by atomic mass is 16.3. The maximum absolute atomic E-state index is 6.63. The van der Waals surface area contributed by atoms with Crippen molar-refractivity contribution in [1.82, 2.24) is 9.13 Å². The second kappa shape index (κ2) is 11.7. The molecule has 0 unspecified atom stereocenters. The SMILES string of the molecule is CC1(C)c2ccccc2-c2ccc(-n3c4ccc(-c5ccc6oc7cc8c(cc7c6c5)c5ccccc5n8-c5ccccc5)cc4c4cc5c(cc43)oc3ccccc35)cc21. The van der Waals surface area contributed by atoms with Crippen LogP contribution in [0, 0.1) is 0 Å². The zero-order chi connectivity index (χ0) is 40.1. The molecule has 9 aromatic carbocycles. The number of benzene rings is 9. The molecule has 14 rings (SSSR count). The zero-order valence-electron chi connectivity index (χ0n) is 33.5. The summed E-state index contributed by atoms with van der Waals surface area (Å²) in [7, 11) is 0. The summed E-state index contributed by atoms with van der Waals surface area (Å²) in [6, 6.07) is 66.3. The van der Waals surface area contributed by atoms with Crippen LogP contribution in [0.3, 0.4) is 0 Å². The Balaban J connectivity index is 0.982. The molecule has 0 aliphatic heterocycles. The van der Waals surface area contributed by atoms with Gasteiger partial charge in [-0.3, -0.25) is 0 Å². The van der Waals surface area contributed by atoms with Crippen molar-refractivity contribution in [3.8, 4) is 33.6 Å². The van der Waals surface area contributed by atoms with E-state index in [1.807, 2.05) is 6.07 Å². The standard InChI is InChI=1S/C57H36N2O2/c1-57(2)47-17-9-6-14-37(47)38-23-22-36(28-48(38)57)59-50-24-20-33(26-41(50)43-30-45-40-16-8-11-19-53(40)60-55(45)32-52(43)59)34-21-25-54-44(27-34)46-29-42-39-15-7-10-18-49(39)58(35-12-4-3-5-13-35)51(42)31-56(46)61-54/h3-32H,1-2H3. The van der Waals surface area contributed by atoms with Gasteiger partial charge in [-0.2, -0.15) is 0 Å². The Bertz CT molecular complexity index is 4020. The first-order chi connectivity index (χ1) is 30.0. The van der Waals surface area contributed by atoms with E-state index in [0.29, 0.717) is 0 Å². The molecule has 4 heterocycles. The van der Waals surface area contributed by atoms with Crippen molar-refractivity contribution < 1.29 is 8.83 Å². The van der Waals surface area contributed by atoms with Crippen LogP contribution < -0.4 is 0 Å². The second-order valence-corrected chi connectivity index (χ2v) is 17.3. The Morgan fingerprint density at radius 2 is 0.885 bits per heavy atom. The number of fused-ring (bicyclic) bond motifs is 15. The molecule has 0 spiro atoms. The fraction of sp³-hybridized carbons (Fsp3) is 0.0526. The van der Waals surface area contributed by atoms with Gasteiger partial charge in [-0.05, 0) is 106 Å². The summed E-state index contributed by atoms with van der Waals surface area (Å²) in [5.74, 6) is 0. The van der Waals surface area contributed by atoms with Crippen molar-refractivity contribution in [1.29, 1.82) is 0 Å². The number of hydrogen-bond donors (Lipinski definition) is 0. The molecular weight excluding hydrogens is 745 g/mol. The first kappa shape index (κ1) is 33.1. The lowest BCUT2D eigenvalue weighted by molar-refractivity contribution is 0.660. The molecule has 0 amide bonds. The summed E-state index contributed by atoms with van der Waals surface area (Å²) < 4.78 is 17.9. The molecule has 0 bridgehead atoms. The third-order valence-corrected chi connectivity index (χ3v) is 13.7. The average molecular weight is 781 g/mol. The first-order valence-corrected chi connectivity index (χ1v) is 21.1. The van der Waals surface area contributed by atoms with Crippen LogP contribution in [-0.2, 0) is 5.41 Å². The van der Waals surface area contributed by atoms with Gasteiger partial charge in [0.1, 0.15) is 22.3 Å². The van der Waals surface area contributed by atoms with Gasteiger partial charge in [-0.1, -0.05) is 111 Å². The van der Waals surface area contributed by atoms with Crippen molar-refractivity contribution in [3.63, 3.8) is 0 Å². The maximum Gasteiger partial charge on any atom is 0.137 e. The van der Waals surface area contributed by atoms with E-state index in [1.54, 1.807) is 0 Å². The molecule has 1 aliphatic rings. The zero-order valence-corrected chi connectivity index (χ0v) is 33.5. The third kappa shape index (κ3) is 4.43. The molecule has 0 saturated carbocycles. The van der Waals surface area contributed by atoms with Crippen LogP contribution in [0.1, 0.15) is 25.0 Å². The van der Waals surface area contributed by atoms with Gasteiger partial charge in [-0.15, -0.1) is 0 Å². The summed E-state index contributed by atoms with van der Waals surface area (Å²) >= 11 is 0. The molecule has 0 saturated heterocycles. The molecule has 0 atom stereocenters. The maximum atomic E-state index is 6.63. The quantitative estimate of drug-likeness (QED) is 0.179. The fourth-order valence-electron chi connectivity index (χ4n) is 10.8. The number of furan rings is 2. The van der Waals surface area contributed by atoms with Crippen LogP contribution in [-0.4, -0.2) is 9.13 Å². The van der Waals surface area contributed by atoms with Crippen LogP contribution in [0.15, 0.2) is 191 Å². The van der Waals surface area contributed by atoms with E-state index in [4.69, 9.17) is 8.83 Å². The fourth-order valence-corrected chi connectivity index (χ4v) is 10.8. The van der Waals surface area contributed by atoms with E-state index < -0.39 is 0 Å². The smallest absolute Gasteiger partial charge is 0.137 e. The monoisotopic (exact) mass is 780 g/mol. The van der Waals surface area contributed by atoms with Gasteiger partial charge in [0.05, 0.1) is 22.1 Å². The lowest BCUT2D eigenvalue weighted by Crippen LogP contribution is -2.15. The van der Waals surface area contributed by atoms with Crippen LogP contribution in [0.4, 0.5) is 0 Å². The summed E-state index contributed by atoms with van der Waals surface area (Å²) in [6.45, 7) is 4.70. The van der Waals surface area contributed by atoms with Crippen molar-refractivity contribution >= 4 is 87.5 Å². The molecule has 0 N–H and O–H groups in total. The van der Waals surface area contributed by atoms with Crippen molar-refractivity contribution in [3.05, 3.63) is 193 Å². The highest BCUT2D eigenvalue weighted by molar-refractivity contribution is 6.19. The van der Waals surface area contributed by atoms with Gasteiger partial charge < -0.3 is 18.0 Å². The highest BCUT2D eigenvalue weighted by Gasteiger charge is 2.35. The van der Waals surface area contributed by atoms with Gasteiger partial charge in [-0.25, -0.2) is 0 Å². The van der Waals surface area contributed by atoms with E-state index in [-0.39, 0.29) is 5.41 Å². The molecular formula is C57H36N2O2. The number of para-hydroxylation sites is 3. The molecule has 0 radical (unpaired) electrons. The summed E-state index contributed by atoms with van der Waals surface area (Å²) in [5.41, 5.74) is 18.0. The van der Waals surface area contributed by atoms with Crippen LogP contribution in [0.5, 0.6) is 0 Å². The molecule has 61 heavy (non-hydrogen) atoms. The van der Waals surface area contributed by atoms with Crippen molar-refractivity contribution in [2.24, 2.45) is 0 Å². The molecule has 286 valence electrons. The van der Waals surface area contributed by atoms with E-state index in [0.717, 1.165) is 82.9 Å². The molecule has 0 fully saturated rings. The van der Waals surface area contributed by atoms with E-state index in [2.05, 4.69) is 199 Å².